The van der Waals surface area contributed by atoms with Crippen LogP contribution in [0.25, 0.3) is 10.9 Å². The first-order valence-corrected chi connectivity index (χ1v) is 8.52. The SMILES string of the molecule is CCOc1c(C#N)cnc2c(NC(=O)c3c(Cl)cccc3Cl)cccc12. The summed E-state index contributed by atoms with van der Waals surface area (Å²) in [6.07, 6.45) is 1.42. The second kappa shape index (κ2) is 7.61. The van der Waals surface area contributed by atoms with Crippen LogP contribution in [0.3, 0.4) is 0 Å². The first-order valence-electron chi connectivity index (χ1n) is 7.76. The fourth-order valence-electron chi connectivity index (χ4n) is 2.58. The first kappa shape index (κ1) is 18.0. The van der Waals surface area contributed by atoms with Crippen LogP contribution in [0, 0.1) is 11.3 Å². The Hall–Kier alpha value is -2.81. The third kappa shape index (κ3) is 3.30. The van der Waals surface area contributed by atoms with E-state index in [4.69, 9.17) is 27.9 Å². The van der Waals surface area contributed by atoms with Crippen LogP contribution in [0.4, 0.5) is 5.69 Å². The maximum Gasteiger partial charge on any atom is 0.258 e. The molecule has 7 heteroatoms. The summed E-state index contributed by atoms with van der Waals surface area (Å²) in [5, 5.41) is 13.2. The van der Waals surface area contributed by atoms with Gasteiger partial charge in [-0.2, -0.15) is 5.26 Å². The highest BCUT2D eigenvalue weighted by atomic mass is 35.5. The number of anilines is 1. The van der Waals surface area contributed by atoms with Gasteiger partial charge in [-0.1, -0.05) is 35.3 Å². The molecule has 1 heterocycles. The van der Waals surface area contributed by atoms with Crippen LogP contribution < -0.4 is 10.1 Å². The summed E-state index contributed by atoms with van der Waals surface area (Å²) in [7, 11) is 0. The number of halogens is 2. The molecule has 0 fully saturated rings. The van der Waals surface area contributed by atoms with Crippen molar-refractivity contribution >= 4 is 45.7 Å². The number of fused-ring (bicyclic) bond motifs is 1. The number of carbonyl (C=O) groups is 1. The summed E-state index contributed by atoms with van der Waals surface area (Å²) in [6, 6.07) is 12.2. The molecule has 0 radical (unpaired) electrons. The summed E-state index contributed by atoms with van der Waals surface area (Å²) in [5.41, 5.74) is 1.49. The molecule has 0 saturated carbocycles. The number of amides is 1. The number of hydrogen-bond donors (Lipinski definition) is 1. The number of nitriles is 1. The molecule has 130 valence electrons. The molecule has 26 heavy (non-hydrogen) atoms. The number of rotatable bonds is 4. The third-order valence-electron chi connectivity index (χ3n) is 3.70. The predicted molar refractivity (Wildman–Crippen MR) is 102 cm³/mol. The Balaban J connectivity index is 2.08. The highest BCUT2D eigenvalue weighted by Gasteiger charge is 2.18. The number of pyridine rings is 1. The van der Waals surface area contributed by atoms with Crippen molar-refractivity contribution in [2.45, 2.75) is 6.92 Å². The van der Waals surface area contributed by atoms with Crippen LogP contribution in [-0.2, 0) is 0 Å². The van der Waals surface area contributed by atoms with Crippen molar-refractivity contribution in [3.8, 4) is 11.8 Å². The molecule has 0 unspecified atom stereocenters. The molecule has 0 aliphatic heterocycles. The van der Waals surface area contributed by atoms with Gasteiger partial charge in [0.1, 0.15) is 17.4 Å². The Labute approximate surface area is 160 Å². The van der Waals surface area contributed by atoms with Crippen LogP contribution >= 0.6 is 23.2 Å². The van der Waals surface area contributed by atoms with Crippen molar-refractivity contribution in [1.29, 1.82) is 5.26 Å². The summed E-state index contributed by atoms with van der Waals surface area (Å²) < 4.78 is 5.61. The minimum atomic E-state index is -0.447. The number of carbonyl (C=O) groups excluding carboxylic acids is 1. The van der Waals surface area contributed by atoms with E-state index in [0.717, 1.165) is 0 Å². The Morgan fingerprint density at radius 2 is 1.92 bits per heavy atom. The molecule has 5 nitrogen and oxygen atoms in total. The summed E-state index contributed by atoms with van der Waals surface area (Å²) in [6.45, 7) is 2.23. The van der Waals surface area contributed by atoms with Crippen LogP contribution in [0.1, 0.15) is 22.8 Å². The second-order valence-electron chi connectivity index (χ2n) is 5.30. The molecule has 0 atom stereocenters. The standard InChI is InChI=1S/C19H13Cl2N3O2/c1-2-26-18-11(9-22)10-23-17-12(18)5-3-8-15(17)24-19(25)16-13(20)6-4-7-14(16)21/h3-8,10H,2H2,1H3,(H,24,25). The lowest BCUT2D eigenvalue weighted by molar-refractivity contribution is 0.102. The topological polar surface area (TPSA) is 75.0 Å². The molecule has 3 aromatic rings. The number of nitrogens with zero attached hydrogens (tertiary/aromatic N) is 2. The van der Waals surface area contributed by atoms with Gasteiger partial charge in [0.25, 0.3) is 5.91 Å². The Kier molecular flexibility index (Phi) is 5.27. The molecule has 0 saturated heterocycles. The highest BCUT2D eigenvalue weighted by molar-refractivity contribution is 6.40. The average Bonchev–Trinajstić information content (AvgIpc) is 2.62. The molecule has 1 aromatic heterocycles. The monoisotopic (exact) mass is 385 g/mol. The van der Waals surface area contributed by atoms with E-state index in [1.165, 1.54) is 6.20 Å². The maximum absolute atomic E-state index is 12.6. The average molecular weight is 386 g/mol. The maximum atomic E-state index is 12.6. The van der Waals surface area contributed by atoms with Crippen LogP contribution in [0.2, 0.25) is 10.0 Å². The van der Waals surface area contributed by atoms with E-state index in [2.05, 4.69) is 16.4 Å². The minimum absolute atomic E-state index is 0.187. The van der Waals surface area contributed by atoms with Gasteiger partial charge in [-0.15, -0.1) is 0 Å². The van der Waals surface area contributed by atoms with Crippen molar-refractivity contribution in [1.82, 2.24) is 4.98 Å². The molecular weight excluding hydrogens is 373 g/mol. The fourth-order valence-corrected chi connectivity index (χ4v) is 3.15. The number of benzene rings is 2. The number of hydrogen-bond acceptors (Lipinski definition) is 4. The highest BCUT2D eigenvalue weighted by Crippen LogP contribution is 2.33. The van der Waals surface area contributed by atoms with E-state index in [9.17, 15) is 10.1 Å². The number of nitrogens with one attached hydrogen (secondary N) is 1. The van der Waals surface area contributed by atoms with E-state index < -0.39 is 5.91 Å². The molecule has 0 spiro atoms. The van der Waals surface area contributed by atoms with E-state index in [1.807, 2.05) is 6.92 Å². The van der Waals surface area contributed by atoms with Crippen LogP contribution in [0.15, 0.2) is 42.6 Å². The normalized spacial score (nSPS) is 10.4. The first-order chi connectivity index (χ1) is 12.6. The van der Waals surface area contributed by atoms with Gasteiger partial charge in [0, 0.05) is 11.6 Å². The molecule has 0 aliphatic rings. The number of ether oxygens (including phenoxy) is 1. The quantitative estimate of drug-likeness (QED) is 0.680. The van der Waals surface area contributed by atoms with E-state index in [-0.39, 0.29) is 15.6 Å². The van der Waals surface area contributed by atoms with Gasteiger partial charge in [-0.3, -0.25) is 9.78 Å². The zero-order chi connectivity index (χ0) is 18.7. The van der Waals surface area contributed by atoms with E-state index in [1.54, 1.807) is 36.4 Å². The summed E-state index contributed by atoms with van der Waals surface area (Å²) in [5.74, 6) is -0.0101. The van der Waals surface area contributed by atoms with Crippen molar-refractivity contribution in [2.75, 3.05) is 11.9 Å². The van der Waals surface area contributed by atoms with Gasteiger partial charge in [0.05, 0.1) is 33.4 Å². The van der Waals surface area contributed by atoms with Gasteiger partial charge in [0.15, 0.2) is 0 Å². The lowest BCUT2D eigenvalue weighted by Crippen LogP contribution is -2.13. The van der Waals surface area contributed by atoms with Gasteiger partial charge >= 0.3 is 0 Å². The third-order valence-corrected chi connectivity index (χ3v) is 4.33. The molecule has 3 rings (SSSR count). The van der Waals surface area contributed by atoms with Crippen LogP contribution in [0.5, 0.6) is 5.75 Å². The van der Waals surface area contributed by atoms with Gasteiger partial charge in [-0.25, -0.2) is 0 Å². The van der Waals surface area contributed by atoms with Gasteiger partial charge in [-0.05, 0) is 31.2 Å². The fraction of sp³-hybridized carbons (Fsp3) is 0.105. The Bertz CT molecular complexity index is 1020. The molecule has 1 amide bonds. The van der Waals surface area contributed by atoms with Gasteiger partial charge < -0.3 is 10.1 Å². The molecular formula is C19H13Cl2N3O2. The summed E-state index contributed by atoms with van der Waals surface area (Å²) in [4.78, 5) is 16.9. The number of para-hydroxylation sites is 1. The zero-order valence-electron chi connectivity index (χ0n) is 13.7. The summed E-state index contributed by atoms with van der Waals surface area (Å²) >= 11 is 12.2. The zero-order valence-corrected chi connectivity index (χ0v) is 15.2. The minimum Gasteiger partial charge on any atom is -0.492 e. The van der Waals surface area contributed by atoms with Crippen LogP contribution in [-0.4, -0.2) is 17.5 Å². The second-order valence-corrected chi connectivity index (χ2v) is 6.11. The lowest BCUT2D eigenvalue weighted by atomic mass is 10.1. The van der Waals surface area contributed by atoms with E-state index >= 15 is 0 Å². The predicted octanol–water partition coefficient (Wildman–Crippen LogP) is 5.06. The van der Waals surface area contributed by atoms with E-state index in [0.29, 0.717) is 34.5 Å². The Morgan fingerprint density at radius 3 is 2.58 bits per heavy atom. The smallest absolute Gasteiger partial charge is 0.258 e. The Morgan fingerprint density at radius 1 is 1.23 bits per heavy atom. The molecule has 1 N–H and O–H groups in total. The molecule has 2 aromatic carbocycles. The molecule has 0 bridgehead atoms. The van der Waals surface area contributed by atoms with Crippen molar-refractivity contribution < 1.29 is 9.53 Å². The van der Waals surface area contributed by atoms with Crippen molar-refractivity contribution in [3.63, 3.8) is 0 Å². The molecule has 0 aliphatic carbocycles. The largest absolute Gasteiger partial charge is 0.492 e. The van der Waals surface area contributed by atoms with Crippen molar-refractivity contribution in [3.05, 3.63) is 63.8 Å². The van der Waals surface area contributed by atoms with Gasteiger partial charge in [0.2, 0.25) is 0 Å². The lowest BCUT2D eigenvalue weighted by Gasteiger charge is -2.13. The van der Waals surface area contributed by atoms with Crippen molar-refractivity contribution in [2.24, 2.45) is 0 Å². The number of aromatic nitrogens is 1.